The molecule has 0 unspecified atom stereocenters. The van der Waals surface area contributed by atoms with Crippen molar-refractivity contribution in [1.29, 1.82) is 5.39 Å². The van der Waals surface area contributed by atoms with Gasteiger partial charge in [-0.3, -0.25) is 0 Å². The van der Waals surface area contributed by atoms with Crippen LogP contribution in [0.4, 0.5) is 5.69 Å². The average Bonchev–Trinajstić information content (AvgIpc) is 2.66. The quantitative estimate of drug-likeness (QED) is 0.152. The molecule has 15 nitrogen and oxygen atoms in total. The first-order valence-corrected chi connectivity index (χ1v) is 8.08. The molecule has 0 atom stereocenters. The van der Waals surface area contributed by atoms with Gasteiger partial charge in [-0.1, -0.05) is 30.3 Å². The van der Waals surface area contributed by atoms with Crippen LogP contribution in [0.5, 0.6) is 5.75 Å². The summed E-state index contributed by atoms with van der Waals surface area (Å²) in [6, 6.07) is 16.9. The Morgan fingerprint density at radius 2 is 1.03 bits per heavy atom. The zero-order valence-electron chi connectivity index (χ0n) is 16.3. The van der Waals surface area contributed by atoms with Gasteiger partial charge in [-0.05, 0) is 17.7 Å². The number of diazo groups is 1. The van der Waals surface area contributed by atoms with Crippen molar-refractivity contribution in [2.45, 2.75) is 6.61 Å². The maximum Gasteiger partial charge on any atom is 0.631 e. The van der Waals surface area contributed by atoms with Crippen molar-refractivity contribution < 1.29 is 65.0 Å². The third-order valence-corrected chi connectivity index (χ3v) is 2.20. The topological polar surface area (TPSA) is 283 Å². The summed E-state index contributed by atoms with van der Waals surface area (Å²) in [5, 5.41) is 95.8. The van der Waals surface area contributed by atoms with Crippen molar-refractivity contribution in [2.75, 3.05) is 0 Å². The summed E-state index contributed by atoms with van der Waals surface area (Å²) >= 11 is 0. The Kier molecular flexibility index (Phi) is 24.6. The molecule has 2 aromatic carbocycles. The van der Waals surface area contributed by atoms with Gasteiger partial charge < -0.3 is 65.0 Å². The molecule has 2 rings (SSSR count). The zero-order valence-corrected chi connectivity index (χ0v) is 16.3. The van der Waals surface area contributed by atoms with Crippen molar-refractivity contribution in [3.63, 3.8) is 0 Å². The first kappa shape index (κ1) is 34.1. The van der Waals surface area contributed by atoms with E-state index in [0.717, 1.165) is 11.3 Å². The Bertz CT molecular complexity index is 655. The minimum absolute atomic E-state index is 0.520. The van der Waals surface area contributed by atoms with Gasteiger partial charge in [0, 0.05) is 12.1 Å². The van der Waals surface area contributed by atoms with E-state index in [1.54, 1.807) is 24.3 Å². The molecule has 0 aliphatic heterocycles. The number of rotatable bonds is 3. The van der Waals surface area contributed by atoms with Crippen LogP contribution in [-0.2, 0) is 6.61 Å². The lowest BCUT2D eigenvalue weighted by molar-refractivity contribution is -0.242. The molecule has 0 spiro atoms. The van der Waals surface area contributed by atoms with E-state index >= 15 is 0 Å². The Morgan fingerprint density at radius 1 is 0.688 bits per heavy atom. The average molecular weight is 458 g/mol. The molecule has 19 heteroatoms. The monoisotopic (exact) mass is 458 g/mol. The van der Waals surface area contributed by atoms with E-state index in [9.17, 15) is 0 Å². The van der Waals surface area contributed by atoms with E-state index in [1.807, 2.05) is 30.3 Å². The highest BCUT2D eigenvalue weighted by Crippen LogP contribution is 2.18. The van der Waals surface area contributed by atoms with Gasteiger partial charge in [-0.15, -0.1) is 0 Å². The van der Waals surface area contributed by atoms with E-state index in [0.29, 0.717) is 12.3 Å². The van der Waals surface area contributed by atoms with Crippen LogP contribution in [0.2, 0.25) is 0 Å². The third kappa shape index (κ3) is 38.1. The van der Waals surface area contributed by atoms with Crippen molar-refractivity contribution in [1.82, 2.24) is 0 Å². The van der Waals surface area contributed by atoms with Gasteiger partial charge in [0.25, 0.3) is 0 Å². The second kappa shape index (κ2) is 23.1. The van der Waals surface area contributed by atoms with Gasteiger partial charge in [0.05, 0.1) is 0 Å². The number of nitrogens with zero attached hydrogens (tertiary/aromatic N) is 2. The van der Waals surface area contributed by atoms with Crippen LogP contribution < -0.4 is 9.76 Å². The van der Waals surface area contributed by atoms with Crippen LogP contribution in [0.3, 0.4) is 0 Å². The fourth-order valence-electron chi connectivity index (χ4n) is 1.35. The summed E-state index contributed by atoms with van der Waals surface area (Å²) in [6.45, 7) is 0.538. The number of ether oxygens (including phenoxy) is 1. The summed E-state index contributed by atoms with van der Waals surface area (Å²) in [4.78, 5) is 3.07. The number of hydrogen-bond donors (Lipinski definition) is 11. The molecule has 0 amide bonds. The molecule has 0 heterocycles. The highest BCUT2D eigenvalue weighted by atomic mass is 16.5. The van der Waals surface area contributed by atoms with Gasteiger partial charge >= 0.3 is 35.0 Å². The Morgan fingerprint density at radius 3 is 1.34 bits per heavy atom. The first-order valence-electron chi connectivity index (χ1n) is 8.08. The summed E-state index contributed by atoms with van der Waals surface area (Å²) in [7, 11) is -8.92. The second-order valence-electron chi connectivity index (χ2n) is 4.73. The number of benzene rings is 2. The Hall–Kier alpha value is -2.56. The maximum atomic E-state index is 8.64. The molecule has 0 fully saturated rings. The normalized spacial score (nSPS) is 8.09. The van der Waals surface area contributed by atoms with E-state index in [1.165, 1.54) is 0 Å². The SMILES string of the molecule is N#[N+]c1ccc(OCc2ccccc2)cc1.OB(O)O.OB(O)O.OB(O)O.[O-]B(O)O. The van der Waals surface area contributed by atoms with Gasteiger partial charge in [0.1, 0.15) is 12.4 Å². The molecule has 0 radical (unpaired) electrons. The second-order valence-corrected chi connectivity index (χ2v) is 4.73. The maximum absolute atomic E-state index is 8.64. The Labute approximate surface area is 183 Å². The van der Waals surface area contributed by atoms with Crippen LogP contribution in [0.15, 0.2) is 54.6 Å². The summed E-state index contributed by atoms with van der Waals surface area (Å²) < 4.78 is 5.57. The molecule has 0 aromatic heterocycles. The molecule has 0 bridgehead atoms. The molecule has 0 saturated carbocycles. The van der Waals surface area contributed by atoms with Gasteiger partial charge in [0.2, 0.25) is 5.39 Å². The van der Waals surface area contributed by atoms with Crippen LogP contribution >= 0.6 is 0 Å². The fraction of sp³-hybridized carbons (Fsp3) is 0.0769. The van der Waals surface area contributed by atoms with Crippen molar-refractivity contribution in [2.24, 2.45) is 0 Å². The minimum Gasteiger partial charge on any atom is -0.832 e. The van der Waals surface area contributed by atoms with Crippen LogP contribution in [0.1, 0.15) is 5.56 Å². The Balaban J connectivity index is -0.000000432. The van der Waals surface area contributed by atoms with E-state index < -0.39 is 29.3 Å². The van der Waals surface area contributed by atoms with Crippen molar-refractivity contribution >= 4 is 35.0 Å². The van der Waals surface area contributed by atoms with E-state index in [2.05, 4.69) is 4.98 Å². The lowest BCUT2D eigenvalue weighted by atomic mass is 10.2. The van der Waals surface area contributed by atoms with Crippen LogP contribution in [-0.4, -0.2) is 84.5 Å². The lowest BCUT2D eigenvalue weighted by Crippen LogP contribution is -2.29. The molecule has 174 valence electrons. The largest absolute Gasteiger partial charge is 0.832 e. The number of hydrogen-bond acceptors (Lipinski definition) is 14. The third-order valence-electron chi connectivity index (χ3n) is 2.20. The van der Waals surface area contributed by atoms with Gasteiger partial charge in [-0.2, -0.15) is 0 Å². The summed E-state index contributed by atoms with van der Waals surface area (Å²) in [5.41, 5.74) is 1.64. The molecule has 11 N–H and O–H groups in total. The first-order chi connectivity index (χ1) is 14.8. The molecular weight excluding hydrogens is 435 g/mol. The predicted molar refractivity (Wildman–Crippen MR) is 109 cm³/mol. The highest BCUT2D eigenvalue weighted by Gasteiger charge is 2.03. The molecule has 0 aliphatic carbocycles. The van der Waals surface area contributed by atoms with Crippen molar-refractivity contribution in [3.05, 3.63) is 65.1 Å². The van der Waals surface area contributed by atoms with E-state index in [-0.39, 0.29) is 0 Å². The zero-order chi connectivity index (χ0) is 25.5. The van der Waals surface area contributed by atoms with Gasteiger partial charge in [-0.25, -0.2) is 0 Å². The molecule has 32 heavy (non-hydrogen) atoms. The highest BCUT2D eigenvalue weighted by molar-refractivity contribution is 6.31. The minimum atomic E-state index is -2.42. The smallest absolute Gasteiger partial charge is 0.631 e. The summed E-state index contributed by atoms with van der Waals surface area (Å²) in [6.07, 6.45) is 0. The summed E-state index contributed by atoms with van der Waals surface area (Å²) in [5.74, 6) is 0.760. The van der Waals surface area contributed by atoms with Crippen molar-refractivity contribution in [3.8, 4) is 5.75 Å². The molecule has 0 aliphatic rings. The molecular formula is C13H22B4N2O13. The van der Waals surface area contributed by atoms with Crippen LogP contribution in [0.25, 0.3) is 4.98 Å². The predicted octanol–water partition coefficient (Wildman–Crippen LogP) is -5.09. The molecule has 0 saturated heterocycles. The molecule has 2 aromatic rings. The lowest BCUT2D eigenvalue weighted by Gasteiger charge is -2.04. The van der Waals surface area contributed by atoms with Gasteiger partial charge in [0.15, 0.2) is 4.98 Å². The fourth-order valence-corrected chi connectivity index (χ4v) is 1.35. The van der Waals surface area contributed by atoms with Crippen LogP contribution in [0, 0.1) is 5.39 Å². The standard InChI is InChI=1S/C13H11N2O.3BH3O3.BH2O3/c14-15-12-6-8-13(9-7-12)16-10-11-4-2-1-3-5-11;4*2-1(3)4/h1-9H,10H2;3*2-4H;2-3H/q+1;;;;-1. The van der Waals surface area contributed by atoms with E-state index in [4.69, 9.17) is 70.4 Å².